The monoisotopic (exact) mass is 348 g/mol. The number of hydrogen-bond acceptors (Lipinski definition) is 4. The van der Waals surface area contributed by atoms with E-state index in [-0.39, 0.29) is 11.5 Å². The van der Waals surface area contributed by atoms with Crippen LogP contribution in [0.15, 0.2) is 41.8 Å². The van der Waals surface area contributed by atoms with E-state index in [9.17, 15) is 8.42 Å². The Morgan fingerprint density at radius 3 is 2.38 bits per heavy atom. The van der Waals surface area contributed by atoms with Crippen LogP contribution < -0.4 is 0 Å². The molecule has 0 N–H and O–H groups in total. The third-order valence-corrected chi connectivity index (χ3v) is 6.50. The van der Waals surface area contributed by atoms with E-state index < -0.39 is 10.0 Å². The largest absolute Gasteiger partial charge is 0.250 e. The van der Waals surface area contributed by atoms with Crippen molar-refractivity contribution in [3.8, 4) is 0 Å². The van der Waals surface area contributed by atoms with Crippen LogP contribution in [0.5, 0.6) is 0 Å². The van der Waals surface area contributed by atoms with Crippen LogP contribution in [-0.2, 0) is 15.4 Å². The van der Waals surface area contributed by atoms with Crippen molar-refractivity contribution in [3.05, 3.63) is 42.5 Å². The maximum absolute atomic E-state index is 13.1. The molecule has 1 saturated heterocycles. The lowest BCUT2D eigenvalue weighted by Crippen LogP contribution is -2.39. The van der Waals surface area contributed by atoms with E-state index in [1.165, 1.54) is 6.33 Å². The van der Waals surface area contributed by atoms with Crippen LogP contribution in [0.2, 0.25) is 0 Å². The Morgan fingerprint density at radius 1 is 1.12 bits per heavy atom. The number of rotatable bonds is 3. The Labute approximate surface area is 143 Å². The van der Waals surface area contributed by atoms with Crippen molar-refractivity contribution in [1.82, 2.24) is 19.1 Å². The highest BCUT2D eigenvalue weighted by Crippen LogP contribution is 2.32. The van der Waals surface area contributed by atoms with Gasteiger partial charge in [0.2, 0.25) is 10.0 Å². The predicted octanol–water partition coefficient (Wildman–Crippen LogP) is 2.60. The molecule has 0 spiro atoms. The summed E-state index contributed by atoms with van der Waals surface area (Å²) >= 11 is 0. The summed E-state index contributed by atoms with van der Waals surface area (Å²) in [5.74, 6) is 0. The van der Waals surface area contributed by atoms with Crippen LogP contribution in [0.3, 0.4) is 0 Å². The van der Waals surface area contributed by atoms with Crippen molar-refractivity contribution in [3.63, 3.8) is 0 Å². The standard InChI is InChI=1S/C17H24N4O2S/c1-17(2,3)15-6-4-5-7-16(15)24(22,23)20-10-8-14(9-11-20)21-13-18-12-19-21/h4-7,12-14H,8-11H2,1-3H3. The molecule has 0 radical (unpaired) electrons. The van der Waals surface area contributed by atoms with Gasteiger partial charge in [0.25, 0.3) is 0 Å². The molecular formula is C17H24N4O2S. The number of benzene rings is 1. The molecule has 3 rings (SSSR count). The van der Waals surface area contributed by atoms with Crippen LogP contribution in [-0.4, -0.2) is 40.6 Å². The fourth-order valence-corrected chi connectivity index (χ4v) is 5.08. The Bertz CT molecular complexity index is 786. The highest BCUT2D eigenvalue weighted by Gasteiger charge is 2.33. The highest BCUT2D eigenvalue weighted by atomic mass is 32.2. The lowest BCUT2D eigenvalue weighted by molar-refractivity contribution is 0.260. The van der Waals surface area contributed by atoms with Gasteiger partial charge in [0, 0.05) is 13.1 Å². The smallest absolute Gasteiger partial charge is 0.243 e. The quantitative estimate of drug-likeness (QED) is 0.855. The predicted molar refractivity (Wildman–Crippen MR) is 92.2 cm³/mol. The first kappa shape index (κ1) is 17.1. The van der Waals surface area contributed by atoms with E-state index in [4.69, 9.17) is 0 Å². The fraction of sp³-hybridized carbons (Fsp3) is 0.529. The van der Waals surface area contributed by atoms with Crippen molar-refractivity contribution in [2.75, 3.05) is 13.1 Å². The molecule has 1 aromatic carbocycles. The van der Waals surface area contributed by atoms with Gasteiger partial charge in [0.15, 0.2) is 0 Å². The first-order chi connectivity index (χ1) is 11.3. The van der Waals surface area contributed by atoms with Crippen LogP contribution in [0.1, 0.15) is 45.2 Å². The molecule has 0 bridgehead atoms. The highest BCUT2D eigenvalue weighted by molar-refractivity contribution is 7.89. The molecular weight excluding hydrogens is 324 g/mol. The minimum atomic E-state index is -3.48. The van der Waals surface area contributed by atoms with E-state index in [1.54, 1.807) is 22.8 Å². The normalized spacial score (nSPS) is 18.0. The number of piperidine rings is 1. The van der Waals surface area contributed by atoms with Gasteiger partial charge in [-0.15, -0.1) is 0 Å². The fourth-order valence-electron chi connectivity index (χ4n) is 3.20. The molecule has 7 heteroatoms. The van der Waals surface area contributed by atoms with Crippen molar-refractivity contribution >= 4 is 10.0 Å². The summed E-state index contributed by atoms with van der Waals surface area (Å²) < 4.78 is 29.7. The Balaban J connectivity index is 1.83. The average Bonchev–Trinajstić information content (AvgIpc) is 3.09. The molecule has 130 valence electrons. The summed E-state index contributed by atoms with van der Waals surface area (Å²) in [6, 6.07) is 7.55. The SMILES string of the molecule is CC(C)(C)c1ccccc1S(=O)(=O)N1CCC(n2cncn2)CC1. The van der Waals surface area contributed by atoms with Crippen molar-refractivity contribution in [2.24, 2.45) is 0 Å². The summed E-state index contributed by atoms with van der Waals surface area (Å²) in [4.78, 5) is 4.40. The van der Waals surface area contributed by atoms with E-state index in [1.807, 2.05) is 37.6 Å². The summed E-state index contributed by atoms with van der Waals surface area (Å²) in [5.41, 5.74) is 0.645. The lowest BCUT2D eigenvalue weighted by Gasteiger charge is -2.32. The number of nitrogens with zero attached hydrogens (tertiary/aromatic N) is 4. The number of sulfonamides is 1. The summed E-state index contributed by atoms with van der Waals surface area (Å²) in [7, 11) is -3.48. The van der Waals surface area contributed by atoms with Crippen LogP contribution >= 0.6 is 0 Å². The Kier molecular flexibility index (Phi) is 4.48. The van der Waals surface area contributed by atoms with Gasteiger partial charge in [0.05, 0.1) is 10.9 Å². The topological polar surface area (TPSA) is 68.1 Å². The third kappa shape index (κ3) is 3.23. The molecule has 6 nitrogen and oxygen atoms in total. The number of hydrogen-bond donors (Lipinski definition) is 0. The average molecular weight is 348 g/mol. The molecule has 0 aliphatic carbocycles. The summed E-state index contributed by atoms with van der Waals surface area (Å²) in [5, 5.41) is 4.17. The van der Waals surface area contributed by atoms with Gasteiger partial charge in [-0.2, -0.15) is 9.40 Å². The summed E-state index contributed by atoms with van der Waals surface area (Å²) in [6.07, 6.45) is 4.72. The van der Waals surface area contributed by atoms with Gasteiger partial charge in [-0.3, -0.25) is 0 Å². The molecule has 2 aromatic rings. The molecule has 1 fully saturated rings. The second kappa shape index (κ2) is 6.29. The molecule has 1 aliphatic heterocycles. The second-order valence-electron chi connectivity index (χ2n) is 7.26. The minimum absolute atomic E-state index is 0.219. The van der Waals surface area contributed by atoms with E-state index in [0.717, 1.165) is 18.4 Å². The summed E-state index contributed by atoms with van der Waals surface area (Å²) in [6.45, 7) is 7.13. The third-order valence-electron chi connectivity index (χ3n) is 4.55. The molecule has 2 heterocycles. The Hall–Kier alpha value is -1.73. The van der Waals surface area contributed by atoms with Gasteiger partial charge < -0.3 is 0 Å². The van der Waals surface area contributed by atoms with Crippen molar-refractivity contribution < 1.29 is 8.42 Å². The molecule has 0 unspecified atom stereocenters. The zero-order chi connectivity index (χ0) is 17.4. The van der Waals surface area contributed by atoms with Crippen molar-refractivity contribution in [1.29, 1.82) is 0 Å². The van der Waals surface area contributed by atoms with Crippen LogP contribution in [0, 0.1) is 0 Å². The molecule has 24 heavy (non-hydrogen) atoms. The van der Waals surface area contributed by atoms with Gasteiger partial charge in [-0.1, -0.05) is 39.0 Å². The van der Waals surface area contributed by atoms with Crippen LogP contribution in [0.4, 0.5) is 0 Å². The molecule has 1 aromatic heterocycles. The molecule has 1 aliphatic rings. The Morgan fingerprint density at radius 2 is 1.79 bits per heavy atom. The molecule has 0 amide bonds. The second-order valence-corrected chi connectivity index (χ2v) is 9.16. The molecule has 0 saturated carbocycles. The van der Waals surface area contributed by atoms with E-state index in [2.05, 4.69) is 10.1 Å². The van der Waals surface area contributed by atoms with Gasteiger partial charge >= 0.3 is 0 Å². The van der Waals surface area contributed by atoms with Gasteiger partial charge in [0.1, 0.15) is 12.7 Å². The first-order valence-corrected chi connectivity index (χ1v) is 9.68. The maximum Gasteiger partial charge on any atom is 0.243 e. The van der Waals surface area contributed by atoms with E-state index >= 15 is 0 Å². The zero-order valence-electron chi connectivity index (χ0n) is 14.4. The zero-order valence-corrected chi connectivity index (χ0v) is 15.2. The van der Waals surface area contributed by atoms with E-state index in [0.29, 0.717) is 18.0 Å². The lowest BCUT2D eigenvalue weighted by atomic mass is 9.87. The first-order valence-electron chi connectivity index (χ1n) is 8.24. The number of aromatic nitrogens is 3. The van der Waals surface area contributed by atoms with Gasteiger partial charge in [-0.05, 0) is 29.9 Å². The minimum Gasteiger partial charge on any atom is -0.250 e. The van der Waals surface area contributed by atoms with Gasteiger partial charge in [-0.25, -0.2) is 18.1 Å². The van der Waals surface area contributed by atoms with Crippen LogP contribution in [0.25, 0.3) is 0 Å². The van der Waals surface area contributed by atoms with Crippen molar-refractivity contribution in [2.45, 2.75) is 50.0 Å². The maximum atomic E-state index is 13.1. The molecule has 0 atom stereocenters.